The Morgan fingerprint density at radius 2 is 1.68 bits per heavy atom. The Morgan fingerprint density at radius 3 is 2.38 bits per heavy atom. The van der Waals surface area contributed by atoms with Crippen LogP contribution in [0.25, 0.3) is 0 Å². The van der Waals surface area contributed by atoms with E-state index in [9.17, 15) is 13.2 Å². The number of thioether (sulfide) groups is 1. The Morgan fingerprint density at radius 1 is 0.971 bits per heavy atom. The van der Waals surface area contributed by atoms with Crippen molar-refractivity contribution in [3.63, 3.8) is 0 Å². The van der Waals surface area contributed by atoms with E-state index >= 15 is 0 Å². The molecule has 0 spiro atoms. The van der Waals surface area contributed by atoms with E-state index in [1.165, 1.54) is 40.6 Å². The SMILES string of the molecule is CN(c1ccccc1)S(=O)(=O)c1cccc(C(=O)Nc2ccc(CCN3CCSCC3)cc2)c1. The van der Waals surface area contributed by atoms with Crippen molar-refractivity contribution in [3.05, 3.63) is 90.0 Å². The first kappa shape index (κ1) is 24.3. The van der Waals surface area contributed by atoms with E-state index in [0.717, 1.165) is 26.1 Å². The molecule has 1 amide bonds. The summed E-state index contributed by atoms with van der Waals surface area (Å²) in [4.78, 5) is 15.4. The van der Waals surface area contributed by atoms with Gasteiger partial charge >= 0.3 is 0 Å². The molecule has 1 aliphatic rings. The molecule has 0 unspecified atom stereocenters. The molecule has 8 heteroatoms. The second-order valence-electron chi connectivity index (χ2n) is 8.19. The maximum absolute atomic E-state index is 13.1. The first-order valence-electron chi connectivity index (χ1n) is 11.3. The highest BCUT2D eigenvalue weighted by Crippen LogP contribution is 2.23. The highest BCUT2D eigenvalue weighted by Gasteiger charge is 2.22. The number of hydrogen-bond donors (Lipinski definition) is 1. The topological polar surface area (TPSA) is 69.7 Å². The Balaban J connectivity index is 1.40. The molecule has 1 fully saturated rings. The van der Waals surface area contributed by atoms with Gasteiger partial charge in [-0.05, 0) is 54.4 Å². The number of benzene rings is 3. The monoisotopic (exact) mass is 495 g/mol. The second-order valence-corrected chi connectivity index (χ2v) is 11.4. The van der Waals surface area contributed by atoms with Gasteiger partial charge in [-0.1, -0.05) is 36.4 Å². The molecule has 1 saturated heterocycles. The average molecular weight is 496 g/mol. The molecular weight excluding hydrogens is 466 g/mol. The van der Waals surface area contributed by atoms with Crippen LogP contribution in [0.2, 0.25) is 0 Å². The summed E-state index contributed by atoms with van der Waals surface area (Å²) in [6, 6.07) is 22.8. The molecule has 1 aliphatic heterocycles. The van der Waals surface area contributed by atoms with Gasteiger partial charge in [0, 0.05) is 49.4 Å². The van der Waals surface area contributed by atoms with Crippen LogP contribution in [0.4, 0.5) is 11.4 Å². The van der Waals surface area contributed by atoms with Gasteiger partial charge in [0.2, 0.25) is 0 Å². The van der Waals surface area contributed by atoms with Crippen molar-refractivity contribution < 1.29 is 13.2 Å². The van der Waals surface area contributed by atoms with E-state index in [0.29, 0.717) is 11.4 Å². The van der Waals surface area contributed by atoms with E-state index in [2.05, 4.69) is 10.2 Å². The van der Waals surface area contributed by atoms with E-state index in [-0.39, 0.29) is 16.4 Å². The van der Waals surface area contributed by atoms with Gasteiger partial charge in [-0.2, -0.15) is 11.8 Å². The molecule has 6 nitrogen and oxygen atoms in total. The number of para-hydroxylation sites is 1. The third-order valence-corrected chi connectivity index (χ3v) is 8.63. The second kappa shape index (κ2) is 11.1. The van der Waals surface area contributed by atoms with Gasteiger partial charge < -0.3 is 10.2 Å². The molecule has 0 aliphatic carbocycles. The third-order valence-electron chi connectivity index (χ3n) is 5.91. The van der Waals surface area contributed by atoms with Crippen molar-refractivity contribution >= 4 is 39.1 Å². The molecule has 0 aromatic heterocycles. The lowest BCUT2D eigenvalue weighted by atomic mass is 10.1. The Hall–Kier alpha value is -2.81. The summed E-state index contributed by atoms with van der Waals surface area (Å²) in [5.74, 6) is 2.06. The molecule has 1 N–H and O–H groups in total. The van der Waals surface area contributed by atoms with Gasteiger partial charge in [0.1, 0.15) is 0 Å². The zero-order valence-corrected chi connectivity index (χ0v) is 20.8. The van der Waals surface area contributed by atoms with Crippen LogP contribution in [0.3, 0.4) is 0 Å². The molecule has 34 heavy (non-hydrogen) atoms. The van der Waals surface area contributed by atoms with Crippen molar-refractivity contribution in [1.29, 1.82) is 0 Å². The molecule has 0 atom stereocenters. The summed E-state index contributed by atoms with van der Waals surface area (Å²) < 4.78 is 27.4. The zero-order valence-electron chi connectivity index (χ0n) is 19.2. The summed E-state index contributed by atoms with van der Waals surface area (Å²) in [6.07, 6.45) is 0.980. The molecule has 0 bridgehead atoms. The number of anilines is 2. The van der Waals surface area contributed by atoms with Crippen LogP contribution in [0, 0.1) is 0 Å². The first-order valence-corrected chi connectivity index (χ1v) is 13.9. The molecule has 0 saturated carbocycles. The minimum Gasteiger partial charge on any atom is -0.322 e. The number of amides is 1. The molecule has 178 valence electrons. The quantitative estimate of drug-likeness (QED) is 0.503. The number of hydrogen-bond acceptors (Lipinski definition) is 5. The van der Waals surface area contributed by atoms with Crippen LogP contribution in [0.15, 0.2) is 83.8 Å². The minimum atomic E-state index is -3.79. The van der Waals surface area contributed by atoms with E-state index in [1.807, 2.05) is 42.1 Å². The van der Waals surface area contributed by atoms with Crippen molar-refractivity contribution in [1.82, 2.24) is 4.90 Å². The number of nitrogens with one attached hydrogen (secondary N) is 1. The van der Waals surface area contributed by atoms with Gasteiger partial charge in [0.15, 0.2) is 0 Å². The van der Waals surface area contributed by atoms with Crippen molar-refractivity contribution in [2.24, 2.45) is 0 Å². The highest BCUT2D eigenvalue weighted by atomic mass is 32.2. The van der Waals surface area contributed by atoms with Crippen molar-refractivity contribution in [2.45, 2.75) is 11.3 Å². The maximum Gasteiger partial charge on any atom is 0.264 e. The smallest absolute Gasteiger partial charge is 0.264 e. The summed E-state index contributed by atoms with van der Waals surface area (Å²) in [5, 5.41) is 2.87. The molecule has 1 heterocycles. The van der Waals surface area contributed by atoms with Gasteiger partial charge in [0.25, 0.3) is 15.9 Å². The van der Waals surface area contributed by atoms with Crippen LogP contribution in [-0.2, 0) is 16.4 Å². The van der Waals surface area contributed by atoms with Crippen LogP contribution in [0.1, 0.15) is 15.9 Å². The molecule has 3 aromatic rings. The number of sulfonamides is 1. The summed E-state index contributed by atoms with van der Waals surface area (Å²) in [5.41, 5.74) is 2.75. The van der Waals surface area contributed by atoms with Crippen LogP contribution in [0.5, 0.6) is 0 Å². The lowest BCUT2D eigenvalue weighted by Gasteiger charge is -2.26. The van der Waals surface area contributed by atoms with E-state index < -0.39 is 10.0 Å². The van der Waals surface area contributed by atoms with E-state index in [1.54, 1.807) is 36.4 Å². The molecule has 0 radical (unpaired) electrons. The standard InChI is InChI=1S/C26H29N3O3S2/c1-28(24-7-3-2-4-8-24)34(31,32)25-9-5-6-22(20-25)26(30)27-23-12-10-21(11-13-23)14-15-29-16-18-33-19-17-29/h2-13,20H,14-19H2,1H3,(H,27,30). The van der Waals surface area contributed by atoms with Crippen molar-refractivity contribution in [2.75, 3.05) is 47.8 Å². The molecular formula is C26H29N3O3S2. The average Bonchev–Trinajstić information content (AvgIpc) is 2.89. The fourth-order valence-corrected chi connectivity index (χ4v) is 6.02. The van der Waals surface area contributed by atoms with Crippen LogP contribution >= 0.6 is 11.8 Å². The number of carbonyl (C=O) groups is 1. The van der Waals surface area contributed by atoms with E-state index in [4.69, 9.17) is 0 Å². The molecule has 3 aromatic carbocycles. The summed E-state index contributed by atoms with van der Waals surface area (Å²) in [6.45, 7) is 3.34. The normalized spacial score (nSPS) is 14.5. The minimum absolute atomic E-state index is 0.0676. The first-order chi connectivity index (χ1) is 16.4. The maximum atomic E-state index is 13.1. The Labute approximate surface area is 206 Å². The predicted octanol–water partition coefficient (Wildman–Crippen LogP) is 4.36. The Kier molecular flexibility index (Phi) is 7.92. The largest absolute Gasteiger partial charge is 0.322 e. The fraction of sp³-hybridized carbons (Fsp3) is 0.269. The molecule has 4 rings (SSSR count). The van der Waals surface area contributed by atoms with Crippen molar-refractivity contribution in [3.8, 4) is 0 Å². The lowest BCUT2D eigenvalue weighted by molar-refractivity contribution is 0.102. The summed E-state index contributed by atoms with van der Waals surface area (Å²) >= 11 is 2.01. The van der Waals surface area contributed by atoms with Gasteiger partial charge in [-0.3, -0.25) is 9.10 Å². The van der Waals surface area contributed by atoms with Crippen LogP contribution < -0.4 is 9.62 Å². The number of rotatable bonds is 8. The van der Waals surface area contributed by atoms with Crippen LogP contribution in [-0.4, -0.2) is 57.4 Å². The van der Waals surface area contributed by atoms with Gasteiger partial charge in [-0.25, -0.2) is 8.42 Å². The Bertz CT molecular complexity index is 1210. The predicted molar refractivity (Wildman–Crippen MR) is 140 cm³/mol. The summed E-state index contributed by atoms with van der Waals surface area (Å²) in [7, 11) is -2.29. The zero-order chi connectivity index (χ0) is 24.0. The number of nitrogens with zero attached hydrogens (tertiary/aromatic N) is 2. The lowest BCUT2D eigenvalue weighted by Crippen LogP contribution is -2.34. The third kappa shape index (κ3) is 6.00. The van der Waals surface area contributed by atoms with Gasteiger partial charge in [0.05, 0.1) is 10.6 Å². The highest BCUT2D eigenvalue weighted by molar-refractivity contribution is 7.99. The fourth-order valence-electron chi connectivity index (χ4n) is 3.80. The number of carbonyl (C=O) groups excluding carboxylic acids is 1. The van der Waals surface area contributed by atoms with Gasteiger partial charge in [-0.15, -0.1) is 0 Å².